The van der Waals surface area contributed by atoms with Crippen LogP contribution in [0.3, 0.4) is 0 Å². The van der Waals surface area contributed by atoms with Crippen molar-refractivity contribution < 1.29 is 23.0 Å². The zero-order chi connectivity index (χ0) is 12.9. The molecule has 0 heterocycles. The molecule has 1 N–H and O–H groups in total. The predicted molar refractivity (Wildman–Crippen MR) is 57.7 cm³/mol. The Morgan fingerprint density at radius 2 is 2.06 bits per heavy atom. The lowest BCUT2D eigenvalue weighted by Crippen LogP contribution is -2.19. The Morgan fingerprint density at radius 1 is 1.35 bits per heavy atom. The predicted octanol–water partition coefficient (Wildman–Crippen LogP) is 2.86. The normalized spacial score (nSPS) is 13.7. The van der Waals surface area contributed by atoms with Crippen LogP contribution in [0.2, 0.25) is 0 Å². The lowest BCUT2D eigenvalue weighted by Gasteiger charge is -2.13. The minimum Gasteiger partial charge on any atom is -0.386 e. The summed E-state index contributed by atoms with van der Waals surface area (Å²) in [5, 5.41) is 9.64. The first-order valence-electron chi connectivity index (χ1n) is 5.34. The molecule has 0 aliphatic heterocycles. The van der Waals surface area contributed by atoms with Gasteiger partial charge in [0.05, 0.1) is 6.61 Å². The van der Waals surface area contributed by atoms with Crippen LogP contribution in [-0.4, -0.2) is 24.5 Å². The van der Waals surface area contributed by atoms with Gasteiger partial charge in [-0.15, -0.1) is 0 Å². The summed E-state index contributed by atoms with van der Waals surface area (Å²) in [7, 11) is 0. The van der Waals surface area contributed by atoms with Gasteiger partial charge in [-0.1, -0.05) is 31.2 Å². The van der Waals surface area contributed by atoms with Gasteiger partial charge in [0.25, 0.3) is 0 Å². The van der Waals surface area contributed by atoms with Crippen molar-refractivity contribution >= 4 is 0 Å². The molecule has 0 fully saturated rings. The zero-order valence-electron chi connectivity index (χ0n) is 9.50. The first-order chi connectivity index (χ1) is 7.92. The standard InChI is InChI=1S/C12H15F3O2/c1-2-9-4-3-5-10(6-9)11(16)7-17-8-12(13,14)15/h3-6,11,16H,2,7-8H2,1H3. The molecule has 96 valence electrons. The van der Waals surface area contributed by atoms with E-state index >= 15 is 0 Å². The molecule has 0 saturated heterocycles. The topological polar surface area (TPSA) is 29.5 Å². The molecule has 0 aliphatic rings. The van der Waals surface area contributed by atoms with Gasteiger partial charge in [-0.05, 0) is 17.5 Å². The third-order valence-corrected chi connectivity index (χ3v) is 2.29. The minimum atomic E-state index is -4.36. The van der Waals surface area contributed by atoms with Crippen molar-refractivity contribution in [3.8, 4) is 0 Å². The number of ether oxygens (including phenoxy) is 1. The van der Waals surface area contributed by atoms with Crippen molar-refractivity contribution in [2.75, 3.05) is 13.2 Å². The van der Waals surface area contributed by atoms with E-state index in [4.69, 9.17) is 0 Å². The van der Waals surface area contributed by atoms with Crippen LogP contribution in [-0.2, 0) is 11.2 Å². The fraction of sp³-hybridized carbons (Fsp3) is 0.500. The quantitative estimate of drug-likeness (QED) is 0.868. The van der Waals surface area contributed by atoms with Crippen LogP contribution in [0.25, 0.3) is 0 Å². The molecule has 1 aromatic carbocycles. The van der Waals surface area contributed by atoms with Gasteiger partial charge in [-0.2, -0.15) is 13.2 Å². The minimum absolute atomic E-state index is 0.354. The van der Waals surface area contributed by atoms with Gasteiger partial charge in [0.15, 0.2) is 0 Å². The highest BCUT2D eigenvalue weighted by atomic mass is 19.4. The van der Waals surface area contributed by atoms with Crippen LogP contribution in [0.1, 0.15) is 24.2 Å². The van der Waals surface area contributed by atoms with Crippen LogP contribution in [0, 0.1) is 0 Å². The molecule has 2 nitrogen and oxygen atoms in total. The number of aliphatic hydroxyl groups excluding tert-OH is 1. The summed E-state index contributed by atoms with van der Waals surface area (Å²) < 4.78 is 39.9. The lowest BCUT2D eigenvalue weighted by atomic mass is 10.1. The van der Waals surface area contributed by atoms with E-state index in [1.165, 1.54) is 0 Å². The maximum absolute atomic E-state index is 11.8. The van der Waals surface area contributed by atoms with Crippen LogP contribution in [0.4, 0.5) is 13.2 Å². The second-order valence-electron chi connectivity index (χ2n) is 3.74. The third kappa shape index (κ3) is 5.19. The van der Waals surface area contributed by atoms with Gasteiger partial charge in [-0.3, -0.25) is 0 Å². The molecule has 0 aromatic heterocycles. The van der Waals surface area contributed by atoms with Crippen molar-refractivity contribution in [1.29, 1.82) is 0 Å². The fourth-order valence-corrected chi connectivity index (χ4v) is 1.40. The van der Waals surface area contributed by atoms with Gasteiger partial charge in [0, 0.05) is 0 Å². The second-order valence-corrected chi connectivity index (χ2v) is 3.74. The number of aliphatic hydroxyl groups is 1. The fourth-order valence-electron chi connectivity index (χ4n) is 1.40. The van der Waals surface area contributed by atoms with E-state index < -0.39 is 18.9 Å². The van der Waals surface area contributed by atoms with E-state index in [0.717, 1.165) is 12.0 Å². The number of halogens is 3. The summed E-state index contributed by atoms with van der Waals surface area (Å²) in [6, 6.07) is 7.09. The van der Waals surface area contributed by atoms with Gasteiger partial charge >= 0.3 is 6.18 Å². The number of rotatable bonds is 5. The Balaban J connectivity index is 2.49. The Hall–Kier alpha value is -1.07. The van der Waals surface area contributed by atoms with Crippen LogP contribution in [0.5, 0.6) is 0 Å². The molecule has 0 saturated carbocycles. The first-order valence-corrected chi connectivity index (χ1v) is 5.34. The highest BCUT2D eigenvalue weighted by Gasteiger charge is 2.27. The summed E-state index contributed by atoms with van der Waals surface area (Å²) in [4.78, 5) is 0. The molecule has 0 aliphatic carbocycles. The average Bonchev–Trinajstić information content (AvgIpc) is 2.27. The largest absolute Gasteiger partial charge is 0.411 e. The van der Waals surface area contributed by atoms with Gasteiger partial charge < -0.3 is 9.84 Å². The van der Waals surface area contributed by atoms with Crippen molar-refractivity contribution in [2.24, 2.45) is 0 Å². The molecule has 1 rings (SSSR count). The van der Waals surface area contributed by atoms with Gasteiger partial charge in [-0.25, -0.2) is 0 Å². The average molecular weight is 248 g/mol. The van der Waals surface area contributed by atoms with Crippen molar-refractivity contribution in [1.82, 2.24) is 0 Å². The summed E-state index contributed by atoms with van der Waals surface area (Å²) in [5.74, 6) is 0. The van der Waals surface area contributed by atoms with E-state index in [1.54, 1.807) is 18.2 Å². The van der Waals surface area contributed by atoms with Gasteiger partial charge in [0.1, 0.15) is 12.7 Å². The maximum Gasteiger partial charge on any atom is 0.411 e. The van der Waals surface area contributed by atoms with E-state index in [-0.39, 0.29) is 6.61 Å². The second kappa shape index (κ2) is 6.02. The number of hydrogen-bond acceptors (Lipinski definition) is 2. The summed E-state index contributed by atoms with van der Waals surface area (Å²) in [5.41, 5.74) is 1.60. The SMILES string of the molecule is CCc1cccc(C(O)COCC(F)(F)F)c1. The molecule has 1 atom stereocenters. The van der Waals surface area contributed by atoms with Crippen LogP contribution < -0.4 is 0 Å². The molecule has 5 heteroatoms. The van der Waals surface area contributed by atoms with Crippen LogP contribution >= 0.6 is 0 Å². The molecule has 0 radical (unpaired) electrons. The molecular formula is C12H15F3O2. The Labute approximate surface area is 98.0 Å². The molecule has 1 aromatic rings. The molecule has 0 spiro atoms. The molecule has 0 amide bonds. The highest BCUT2D eigenvalue weighted by Crippen LogP contribution is 2.18. The van der Waals surface area contributed by atoms with E-state index in [9.17, 15) is 18.3 Å². The number of aryl methyl sites for hydroxylation is 1. The van der Waals surface area contributed by atoms with Crippen molar-refractivity contribution in [3.05, 3.63) is 35.4 Å². The van der Waals surface area contributed by atoms with Crippen molar-refractivity contribution in [3.63, 3.8) is 0 Å². The number of hydrogen-bond donors (Lipinski definition) is 1. The molecule has 17 heavy (non-hydrogen) atoms. The van der Waals surface area contributed by atoms with E-state index in [1.807, 2.05) is 13.0 Å². The summed E-state index contributed by atoms with van der Waals surface area (Å²) in [6.45, 7) is 0.274. The maximum atomic E-state index is 11.8. The summed E-state index contributed by atoms with van der Waals surface area (Å²) >= 11 is 0. The lowest BCUT2D eigenvalue weighted by molar-refractivity contribution is -0.179. The van der Waals surface area contributed by atoms with Crippen molar-refractivity contribution in [2.45, 2.75) is 25.6 Å². The highest BCUT2D eigenvalue weighted by molar-refractivity contribution is 5.25. The molecular weight excluding hydrogens is 233 g/mol. The zero-order valence-corrected chi connectivity index (χ0v) is 9.50. The monoisotopic (exact) mass is 248 g/mol. The first kappa shape index (κ1) is 14.0. The number of benzene rings is 1. The van der Waals surface area contributed by atoms with E-state index in [0.29, 0.717) is 5.56 Å². The van der Waals surface area contributed by atoms with E-state index in [2.05, 4.69) is 4.74 Å². The Kier molecular flexibility index (Phi) is 4.96. The molecule has 1 unspecified atom stereocenters. The Bertz CT molecular complexity index is 350. The Morgan fingerprint density at radius 3 is 2.65 bits per heavy atom. The summed E-state index contributed by atoms with van der Waals surface area (Å²) in [6.07, 6.45) is -4.57. The molecule has 0 bridgehead atoms. The third-order valence-electron chi connectivity index (χ3n) is 2.29. The smallest absolute Gasteiger partial charge is 0.386 e. The number of alkyl halides is 3. The van der Waals surface area contributed by atoms with Crippen LogP contribution in [0.15, 0.2) is 24.3 Å². The van der Waals surface area contributed by atoms with Gasteiger partial charge in [0.2, 0.25) is 0 Å².